The molecule has 0 aromatic carbocycles. The molecule has 0 amide bonds. The first-order valence-electron chi connectivity index (χ1n) is 16.3. The van der Waals surface area contributed by atoms with E-state index in [1.54, 1.807) is 0 Å². The molecule has 0 aromatic heterocycles. The molecule has 2 saturated heterocycles. The lowest BCUT2D eigenvalue weighted by Gasteiger charge is -2.39. The molecular weight excluding hydrogens is 544 g/mol. The van der Waals surface area contributed by atoms with E-state index in [-0.39, 0.29) is 45.4 Å². The Morgan fingerprint density at radius 3 is 1.16 bits per heavy atom. The standard InChI is InChI=1S/C40H56O4/c1-29(17-13-19-31(3)21-23-39-35(5,6)25-33(41)27-37(39,9)43-39)15-11-12-16-30(2)18-14-20-32(4)22-24-40-36(7,8)26-34(42)28-38(40,10)44-40/h11-24,33-34,41-42H,25-28H2,1-10H3/b12-11+,17-13+,18-14?,23-21+,24-22?,29-15+,30-16?,31-19+,32-20?. The molecule has 2 aliphatic carbocycles. The molecule has 4 aliphatic rings. The lowest BCUT2D eigenvalue weighted by Crippen LogP contribution is -2.46. The summed E-state index contributed by atoms with van der Waals surface area (Å²) in [5.41, 5.74) is 3.36. The van der Waals surface area contributed by atoms with E-state index in [4.69, 9.17) is 9.47 Å². The second-order valence-corrected chi connectivity index (χ2v) is 15.4. The quantitative estimate of drug-likeness (QED) is 0.194. The minimum Gasteiger partial charge on any atom is -0.393 e. The third kappa shape index (κ3) is 6.84. The Balaban J connectivity index is 1.25. The molecule has 2 aliphatic heterocycles. The summed E-state index contributed by atoms with van der Waals surface area (Å²) in [6.07, 6.45) is 32.0. The average molecular weight is 601 g/mol. The van der Waals surface area contributed by atoms with Crippen LogP contribution < -0.4 is 0 Å². The van der Waals surface area contributed by atoms with Gasteiger partial charge < -0.3 is 19.7 Å². The molecular formula is C40H56O4. The largest absolute Gasteiger partial charge is 0.393 e. The monoisotopic (exact) mass is 600 g/mol. The van der Waals surface area contributed by atoms with Crippen LogP contribution in [0.3, 0.4) is 0 Å². The lowest BCUT2D eigenvalue weighted by molar-refractivity contribution is 0.0510. The summed E-state index contributed by atoms with van der Waals surface area (Å²) >= 11 is 0. The van der Waals surface area contributed by atoms with Crippen LogP contribution in [-0.4, -0.2) is 44.8 Å². The zero-order chi connectivity index (χ0) is 32.6. The number of hydrogen-bond donors (Lipinski definition) is 2. The highest BCUT2D eigenvalue weighted by Gasteiger charge is 2.75. The Morgan fingerprint density at radius 1 is 0.500 bits per heavy atom. The number of epoxide rings is 2. The normalized spacial score (nSPS) is 39.2. The number of aliphatic hydroxyl groups excluding tert-OH is 2. The zero-order valence-electron chi connectivity index (χ0n) is 28.8. The van der Waals surface area contributed by atoms with Crippen molar-refractivity contribution in [3.63, 3.8) is 0 Å². The van der Waals surface area contributed by atoms with E-state index < -0.39 is 0 Å². The van der Waals surface area contributed by atoms with Gasteiger partial charge in [0.15, 0.2) is 0 Å². The molecule has 4 nitrogen and oxygen atoms in total. The fraction of sp³-hybridized carbons (Fsp3) is 0.550. The molecule has 0 aromatic rings. The average Bonchev–Trinajstić information content (AvgIpc) is 3.73. The van der Waals surface area contributed by atoms with E-state index >= 15 is 0 Å². The maximum atomic E-state index is 10.3. The van der Waals surface area contributed by atoms with Gasteiger partial charge in [-0.15, -0.1) is 0 Å². The summed E-state index contributed by atoms with van der Waals surface area (Å²) in [7, 11) is 0. The molecule has 4 fully saturated rings. The Bertz CT molecular complexity index is 1270. The van der Waals surface area contributed by atoms with Crippen LogP contribution in [0.25, 0.3) is 0 Å². The molecule has 0 spiro atoms. The van der Waals surface area contributed by atoms with Gasteiger partial charge in [-0.05, 0) is 66.5 Å². The SMILES string of the molecule is CC(C=CC12OC1(C)CC(O)CC2(C)C)=CC=CC(C)=C/C=C/C=C(C)/C=C/C=C(C)/C=C/C12OC1(C)CC(O)CC2(C)C. The first kappa shape index (κ1) is 34.4. The lowest BCUT2D eigenvalue weighted by atomic mass is 9.63. The number of allylic oxidation sites excluding steroid dienone is 16. The molecule has 2 saturated carbocycles. The maximum absolute atomic E-state index is 10.3. The third-order valence-corrected chi connectivity index (χ3v) is 10.4. The van der Waals surface area contributed by atoms with Crippen LogP contribution in [0.4, 0.5) is 0 Å². The summed E-state index contributed by atoms with van der Waals surface area (Å²) in [5.74, 6) is 0. The van der Waals surface area contributed by atoms with Gasteiger partial charge in [0.1, 0.15) is 22.4 Å². The van der Waals surface area contributed by atoms with Gasteiger partial charge in [-0.1, -0.05) is 123 Å². The minimum atomic E-state index is -0.294. The van der Waals surface area contributed by atoms with Gasteiger partial charge >= 0.3 is 0 Å². The topological polar surface area (TPSA) is 65.5 Å². The van der Waals surface area contributed by atoms with Crippen molar-refractivity contribution in [1.29, 1.82) is 0 Å². The summed E-state index contributed by atoms with van der Waals surface area (Å²) < 4.78 is 12.5. The summed E-state index contributed by atoms with van der Waals surface area (Å²) in [4.78, 5) is 0. The Hall–Kier alpha value is -2.50. The van der Waals surface area contributed by atoms with Crippen molar-refractivity contribution in [3.05, 3.63) is 107 Å². The van der Waals surface area contributed by atoms with Gasteiger partial charge in [0, 0.05) is 23.7 Å². The number of hydrogen-bond acceptors (Lipinski definition) is 4. The molecule has 44 heavy (non-hydrogen) atoms. The summed E-state index contributed by atoms with van der Waals surface area (Å²) in [5, 5.41) is 20.5. The Kier molecular flexibility index (Phi) is 9.66. The van der Waals surface area contributed by atoms with Crippen LogP contribution in [0.5, 0.6) is 0 Å². The van der Waals surface area contributed by atoms with Gasteiger partial charge in [0.25, 0.3) is 0 Å². The van der Waals surface area contributed by atoms with E-state index in [0.717, 1.165) is 12.8 Å². The van der Waals surface area contributed by atoms with Crippen LogP contribution >= 0.6 is 0 Å². The highest BCUT2D eigenvalue weighted by molar-refractivity contribution is 5.38. The molecule has 6 unspecified atom stereocenters. The predicted molar refractivity (Wildman–Crippen MR) is 183 cm³/mol. The van der Waals surface area contributed by atoms with E-state index in [1.807, 2.05) is 0 Å². The molecule has 2 N–H and O–H groups in total. The van der Waals surface area contributed by atoms with Gasteiger partial charge in [-0.2, -0.15) is 0 Å². The van der Waals surface area contributed by atoms with Crippen molar-refractivity contribution in [1.82, 2.24) is 0 Å². The van der Waals surface area contributed by atoms with Gasteiger partial charge in [-0.25, -0.2) is 0 Å². The van der Waals surface area contributed by atoms with Gasteiger partial charge in [0.2, 0.25) is 0 Å². The van der Waals surface area contributed by atoms with E-state index in [9.17, 15) is 10.2 Å². The number of fused-ring (bicyclic) bond motifs is 2. The number of ether oxygens (including phenoxy) is 2. The Morgan fingerprint density at radius 2 is 0.818 bits per heavy atom. The van der Waals surface area contributed by atoms with Crippen LogP contribution in [-0.2, 0) is 9.47 Å². The number of rotatable bonds is 10. The summed E-state index contributed by atoms with van der Waals surface area (Å²) in [6, 6.07) is 0. The van der Waals surface area contributed by atoms with Crippen molar-refractivity contribution >= 4 is 0 Å². The molecule has 4 rings (SSSR count). The van der Waals surface area contributed by atoms with Crippen molar-refractivity contribution in [3.8, 4) is 0 Å². The molecule has 0 bridgehead atoms. The fourth-order valence-corrected chi connectivity index (χ4v) is 7.99. The first-order valence-corrected chi connectivity index (χ1v) is 16.3. The highest BCUT2D eigenvalue weighted by Crippen LogP contribution is 2.67. The predicted octanol–water partition coefficient (Wildman–Crippen LogP) is 8.97. The van der Waals surface area contributed by atoms with Gasteiger partial charge in [-0.3, -0.25) is 0 Å². The first-order chi connectivity index (χ1) is 20.4. The molecule has 6 atom stereocenters. The van der Waals surface area contributed by atoms with Crippen LogP contribution in [0.2, 0.25) is 0 Å². The smallest absolute Gasteiger partial charge is 0.121 e. The van der Waals surface area contributed by atoms with Crippen molar-refractivity contribution in [2.45, 2.75) is 130 Å². The van der Waals surface area contributed by atoms with Crippen molar-refractivity contribution in [2.75, 3.05) is 0 Å². The van der Waals surface area contributed by atoms with E-state index in [2.05, 4.69) is 154 Å². The van der Waals surface area contributed by atoms with E-state index in [0.29, 0.717) is 12.8 Å². The molecule has 0 radical (unpaired) electrons. The van der Waals surface area contributed by atoms with Crippen molar-refractivity contribution < 1.29 is 19.7 Å². The zero-order valence-corrected chi connectivity index (χ0v) is 28.8. The van der Waals surface area contributed by atoms with Gasteiger partial charge in [0.05, 0.1) is 12.2 Å². The molecule has 240 valence electrons. The fourth-order valence-electron chi connectivity index (χ4n) is 7.99. The third-order valence-electron chi connectivity index (χ3n) is 10.4. The van der Waals surface area contributed by atoms with Crippen LogP contribution in [0.15, 0.2) is 107 Å². The summed E-state index contributed by atoms with van der Waals surface area (Å²) in [6.45, 7) is 21.4. The van der Waals surface area contributed by atoms with Crippen LogP contribution in [0, 0.1) is 10.8 Å². The maximum Gasteiger partial charge on any atom is 0.121 e. The highest BCUT2D eigenvalue weighted by atomic mass is 16.6. The Labute approximate surface area is 267 Å². The van der Waals surface area contributed by atoms with Crippen LogP contribution in [0.1, 0.15) is 94.9 Å². The molecule has 2 heterocycles. The van der Waals surface area contributed by atoms with Crippen molar-refractivity contribution in [2.24, 2.45) is 10.8 Å². The number of aliphatic hydroxyl groups is 2. The second kappa shape index (κ2) is 12.4. The van der Waals surface area contributed by atoms with E-state index in [1.165, 1.54) is 22.3 Å². The second-order valence-electron chi connectivity index (χ2n) is 15.4. The molecule has 4 heteroatoms. The minimum absolute atomic E-state index is 0.0969.